The summed E-state index contributed by atoms with van der Waals surface area (Å²) in [6.07, 6.45) is -4.15. The van der Waals surface area contributed by atoms with Crippen molar-refractivity contribution in [1.29, 1.82) is 0 Å². The van der Waals surface area contributed by atoms with E-state index in [9.17, 15) is 13.2 Å². The van der Waals surface area contributed by atoms with Crippen LogP contribution in [0.1, 0.15) is 18.4 Å². The lowest BCUT2D eigenvalue weighted by Gasteiger charge is -2.20. The topological polar surface area (TPSA) is 54.7 Å². The summed E-state index contributed by atoms with van der Waals surface area (Å²) in [6.45, 7) is 0. The number of hydrogen-bond donors (Lipinski definition) is 2. The number of aromatic nitrogens is 2. The van der Waals surface area contributed by atoms with Crippen LogP contribution in [0.2, 0.25) is 5.02 Å². The average Bonchev–Trinajstić information content (AvgIpc) is 3.00. The highest BCUT2D eigenvalue weighted by Gasteiger charge is 2.64. The SMILES string of the molecule is Nc1n[nH]c2cc(Cl)c(C3(C(F)(F)F)CC3)cc12. The van der Waals surface area contributed by atoms with Gasteiger partial charge in [0, 0.05) is 10.4 Å². The van der Waals surface area contributed by atoms with Gasteiger partial charge in [0.25, 0.3) is 0 Å². The van der Waals surface area contributed by atoms with E-state index in [-0.39, 0.29) is 29.2 Å². The molecule has 3 N–H and O–H groups in total. The van der Waals surface area contributed by atoms with E-state index in [1.54, 1.807) is 0 Å². The molecule has 1 aromatic heterocycles. The summed E-state index contributed by atoms with van der Waals surface area (Å²) < 4.78 is 39.2. The predicted octanol–water partition coefficient (Wildman–Crippen LogP) is 3.39. The lowest BCUT2D eigenvalue weighted by atomic mass is 9.94. The molecule has 0 amide bonds. The van der Waals surface area contributed by atoms with E-state index >= 15 is 0 Å². The summed E-state index contributed by atoms with van der Waals surface area (Å²) in [4.78, 5) is 0. The highest BCUT2D eigenvalue weighted by atomic mass is 35.5. The lowest BCUT2D eigenvalue weighted by molar-refractivity contribution is -0.160. The Morgan fingerprint density at radius 2 is 2.00 bits per heavy atom. The normalized spacial score (nSPS) is 18.2. The summed E-state index contributed by atoms with van der Waals surface area (Å²) in [6, 6.07) is 2.85. The van der Waals surface area contributed by atoms with Crippen LogP contribution in [-0.2, 0) is 5.41 Å². The van der Waals surface area contributed by atoms with Crippen LogP contribution in [-0.4, -0.2) is 16.4 Å². The van der Waals surface area contributed by atoms with Crippen LogP contribution in [0.25, 0.3) is 10.9 Å². The van der Waals surface area contributed by atoms with Gasteiger partial charge in [-0.2, -0.15) is 18.3 Å². The molecular formula is C11H9ClF3N3. The Kier molecular flexibility index (Phi) is 2.15. The fourth-order valence-corrected chi connectivity index (χ4v) is 2.60. The number of nitrogen functional groups attached to an aromatic ring is 1. The molecule has 3 nitrogen and oxygen atoms in total. The molecule has 1 saturated carbocycles. The van der Waals surface area contributed by atoms with Gasteiger partial charge in [-0.3, -0.25) is 5.10 Å². The van der Waals surface area contributed by atoms with Crippen LogP contribution in [0.5, 0.6) is 0 Å². The van der Waals surface area contributed by atoms with E-state index in [0.717, 1.165) is 0 Å². The number of nitrogens with one attached hydrogen (secondary N) is 1. The number of aromatic amines is 1. The summed E-state index contributed by atoms with van der Waals surface area (Å²) in [5.74, 6) is 0.181. The van der Waals surface area contributed by atoms with Gasteiger partial charge >= 0.3 is 6.18 Å². The molecule has 3 rings (SSSR count). The van der Waals surface area contributed by atoms with Gasteiger partial charge in [-0.05, 0) is 30.5 Å². The Bertz CT molecular complexity index is 628. The Balaban J connectivity index is 2.24. The Morgan fingerprint density at radius 3 is 2.56 bits per heavy atom. The highest BCUT2D eigenvalue weighted by Crippen LogP contribution is 2.60. The second kappa shape index (κ2) is 3.32. The van der Waals surface area contributed by atoms with Gasteiger partial charge < -0.3 is 5.73 Å². The molecular weight excluding hydrogens is 267 g/mol. The first-order chi connectivity index (χ1) is 8.35. The molecule has 1 heterocycles. The van der Waals surface area contributed by atoms with Crippen molar-refractivity contribution in [3.05, 3.63) is 22.7 Å². The van der Waals surface area contributed by atoms with Crippen LogP contribution in [0.3, 0.4) is 0 Å². The number of hydrogen-bond acceptors (Lipinski definition) is 2. The molecule has 18 heavy (non-hydrogen) atoms. The maximum Gasteiger partial charge on any atom is 0.398 e. The summed E-state index contributed by atoms with van der Waals surface area (Å²) >= 11 is 5.95. The minimum atomic E-state index is -4.29. The van der Waals surface area contributed by atoms with E-state index in [2.05, 4.69) is 10.2 Å². The first kappa shape index (κ1) is 11.6. The maximum absolute atomic E-state index is 13.1. The summed E-state index contributed by atoms with van der Waals surface area (Å²) in [5, 5.41) is 6.96. The molecule has 0 spiro atoms. The van der Waals surface area contributed by atoms with Crippen molar-refractivity contribution in [2.75, 3.05) is 5.73 Å². The van der Waals surface area contributed by atoms with E-state index in [0.29, 0.717) is 10.9 Å². The van der Waals surface area contributed by atoms with Crippen LogP contribution in [0.15, 0.2) is 12.1 Å². The fourth-order valence-electron chi connectivity index (χ4n) is 2.26. The number of nitrogens with two attached hydrogens (primary N) is 1. The van der Waals surface area contributed by atoms with Gasteiger partial charge in [0.1, 0.15) is 0 Å². The zero-order chi connectivity index (χ0) is 13.1. The molecule has 0 unspecified atom stereocenters. The Morgan fingerprint density at radius 1 is 1.33 bits per heavy atom. The predicted molar refractivity (Wildman–Crippen MR) is 62.5 cm³/mol. The minimum absolute atomic E-state index is 0.0689. The quantitative estimate of drug-likeness (QED) is 0.838. The summed E-state index contributed by atoms with van der Waals surface area (Å²) in [7, 11) is 0. The largest absolute Gasteiger partial charge is 0.398 e. The van der Waals surface area contributed by atoms with Gasteiger partial charge in [-0.15, -0.1) is 0 Å². The van der Waals surface area contributed by atoms with Gasteiger partial charge in [-0.25, -0.2) is 0 Å². The van der Waals surface area contributed by atoms with Gasteiger partial charge in [0.2, 0.25) is 0 Å². The zero-order valence-corrected chi connectivity index (χ0v) is 9.86. The van der Waals surface area contributed by atoms with Crippen molar-refractivity contribution < 1.29 is 13.2 Å². The van der Waals surface area contributed by atoms with E-state index in [1.165, 1.54) is 12.1 Å². The third-order valence-corrected chi connectivity index (χ3v) is 3.80. The van der Waals surface area contributed by atoms with Crippen LogP contribution >= 0.6 is 11.6 Å². The molecule has 1 aliphatic carbocycles. The van der Waals surface area contributed by atoms with Crippen LogP contribution < -0.4 is 5.73 Å². The number of anilines is 1. The number of halogens is 4. The maximum atomic E-state index is 13.1. The number of benzene rings is 1. The number of fused-ring (bicyclic) bond motifs is 1. The molecule has 2 aromatic rings. The average molecular weight is 276 g/mol. The van der Waals surface area contributed by atoms with Crippen LogP contribution in [0.4, 0.5) is 19.0 Å². The van der Waals surface area contributed by atoms with Crippen molar-refractivity contribution >= 4 is 28.3 Å². The first-order valence-corrected chi connectivity index (χ1v) is 5.73. The number of nitrogens with zero attached hydrogens (tertiary/aromatic N) is 1. The van der Waals surface area contributed by atoms with Crippen molar-refractivity contribution in [3.63, 3.8) is 0 Å². The molecule has 0 bridgehead atoms. The van der Waals surface area contributed by atoms with Gasteiger partial charge in [0.15, 0.2) is 5.82 Å². The highest BCUT2D eigenvalue weighted by molar-refractivity contribution is 6.32. The van der Waals surface area contributed by atoms with Crippen molar-refractivity contribution in [2.24, 2.45) is 0 Å². The van der Waals surface area contributed by atoms with Gasteiger partial charge in [-0.1, -0.05) is 11.6 Å². The molecule has 0 atom stereocenters. The monoisotopic (exact) mass is 275 g/mol. The van der Waals surface area contributed by atoms with E-state index in [1.807, 2.05) is 0 Å². The van der Waals surface area contributed by atoms with E-state index in [4.69, 9.17) is 17.3 Å². The molecule has 7 heteroatoms. The first-order valence-electron chi connectivity index (χ1n) is 5.35. The second-order valence-corrected chi connectivity index (χ2v) is 4.97. The zero-order valence-electron chi connectivity index (χ0n) is 9.11. The van der Waals surface area contributed by atoms with Crippen LogP contribution in [0, 0.1) is 0 Å². The Hall–Kier alpha value is -1.43. The lowest BCUT2D eigenvalue weighted by Crippen LogP contribution is -2.28. The summed E-state index contributed by atoms with van der Waals surface area (Å²) in [5.41, 5.74) is 4.43. The molecule has 0 saturated heterocycles. The fraction of sp³-hybridized carbons (Fsp3) is 0.364. The standard InChI is InChI=1S/C11H9ClF3N3/c12-7-4-8-5(9(16)18-17-8)3-6(7)10(1-2-10)11(13,14)15/h3-4H,1-2H2,(H3,16,17,18). The van der Waals surface area contributed by atoms with Crippen molar-refractivity contribution in [3.8, 4) is 0 Å². The third kappa shape index (κ3) is 1.41. The number of alkyl halides is 3. The van der Waals surface area contributed by atoms with Gasteiger partial charge in [0.05, 0.1) is 10.9 Å². The molecule has 1 aliphatic rings. The molecule has 1 aromatic carbocycles. The van der Waals surface area contributed by atoms with Crippen molar-refractivity contribution in [2.45, 2.75) is 24.4 Å². The second-order valence-electron chi connectivity index (χ2n) is 4.57. The molecule has 0 aliphatic heterocycles. The Labute approximate surface area is 105 Å². The minimum Gasteiger partial charge on any atom is -0.382 e. The molecule has 1 fully saturated rings. The third-order valence-electron chi connectivity index (χ3n) is 3.49. The molecule has 0 radical (unpaired) electrons. The van der Waals surface area contributed by atoms with E-state index < -0.39 is 11.6 Å². The van der Waals surface area contributed by atoms with Crippen molar-refractivity contribution in [1.82, 2.24) is 10.2 Å². The smallest absolute Gasteiger partial charge is 0.382 e. The number of H-pyrrole nitrogens is 1. The number of rotatable bonds is 1. The molecule has 96 valence electrons.